The lowest BCUT2D eigenvalue weighted by atomic mass is 10.2. The van der Waals surface area contributed by atoms with Crippen LogP contribution in [0.25, 0.3) is 0 Å². The van der Waals surface area contributed by atoms with Crippen molar-refractivity contribution in [2.24, 2.45) is 0 Å². The number of para-hydroxylation sites is 1. The lowest BCUT2D eigenvalue weighted by Gasteiger charge is -2.32. The van der Waals surface area contributed by atoms with Gasteiger partial charge in [0.1, 0.15) is 4.87 Å². The van der Waals surface area contributed by atoms with Gasteiger partial charge in [0.25, 0.3) is 0 Å². The van der Waals surface area contributed by atoms with E-state index < -0.39 is 4.87 Å². The van der Waals surface area contributed by atoms with E-state index >= 15 is 0 Å². The van der Waals surface area contributed by atoms with Gasteiger partial charge in [-0.2, -0.15) is 0 Å². The first-order valence-electron chi connectivity index (χ1n) is 6.00. The van der Waals surface area contributed by atoms with Crippen LogP contribution in [-0.4, -0.2) is 21.6 Å². The first-order chi connectivity index (χ1) is 9.01. The number of carbonyl (C=O) groups is 2. The van der Waals surface area contributed by atoms with Gasteiger partial charge in [-0.1, -0.05) is 18.2 Å². The van der Waals surface area contributed by atoms with Gasteiger partial charge in [0.05, 0.1) is 6.42 Å². The third-order valence-electron chi connectivity index (χ3n) is 2.93. The molecule has 0 fully saturated rings. The van der Waals surface area contributed by atoms with E-state index in [0.29, 0.717) is 0 Å². The summed E-state index contributed by atoms with van der Waals surface area (Å²) < 4.78 is 0. The zero-order chi connectivity index (χ0) is 13.9. The van der Waals surface area contributed by atoms with Crippen molar-refractivity contribution >= 4 is 29.3 Å². The van der Waals surface area contributed by atoms with Gasteiger partial charge in [-0.25, -0.2) is 0 Å². The zero-order valence-corrected chi connectivity index (χ0v) is 11.7. The molecule has 1 aromatic carbocycles. The summed E-state index contributed by atoms with van der Waals surface area (Å²) in [5, 5.41) is 4.68. The fourth-order valence-corrected chi connectivity index (χ4v) is 3.03. The minimum absolute atomic E-state index is 0.0590. The van der Waals surface area contributed by atoms with E-state index in [1.165, 1.54) is 18.7 Å². The molecule has 2 amide bonds. The van der Waals surface area contributed by atoms with E-state index in [0.717, 1.165) is 5.69 Å². The molecular formula is C14H16N2O2S. The van der Waals surface area contributed by atoms with Gasteiger partial charge >= 0.3 is 0 Å². The molecule has 1 N–H and O–H groups in total. The second kappa shape index (κ2) is 5.48. The summed E-state index contributed by atoms with van der Waals surface area (Å²) >= 11 is 1.48. The number of hydrogen-bond donors (Lipinski definition) is 1. The number of nitrogens with one attached hydrogen (secondary N) is 1. The molecule has 0 aromatic heterocycles. The highest BCUT2D eigenvalue weighted by atomic mass is 32.2. The molecule has 1 aromatic rings. The highest BCUT2D eigenvalue weighted by Gasteiger charge is 2.38. The Morgan fingerprint density at radius 3 is 2.63 bits per heavy atom. The highest BCUT2D eigenvalue weighted by Crippen LogP contribution is 2.39. The second-order valence-electron chi connectivity index (χ2n) is 4.56. The molecule has 1 atom stereocenters. The molecule has 0 aliphatic carbocycles. The molecule has 0 spiro atoms. The third kappa shape index (κ3) is 3.17. The Morgan fingerprint density at radius 1 is 1.32 bits per heavy atom. The number of carbonyl (C=O) groups excluding carboxylic acids is 2. The van der Waals surface area contributed by atoms with E-state index in [4.69, 9.17) is 0 Å². The summed E-state index contributed by atoms with van der Waals surface area (Å²) in [6.07, 6.45) is 1.97. The predicted octanol–water partition coefficient (Wildman–Crippen LogP) is 2.80. The number of hydrogen-bond acceptors (Lipinski definition) is 3. The van der Waals surface area contributed by atoms with Crippen molar-refractivity contribution in [3.63, 3.8) is 0 Å². The van der Waals surface area contributed by atoms with Crippen molar-refractivity contribution in [1.82, 2.24) is 4.90 Å². The quantitative estimate of drug-likeness (QED) is 0.923. The molecule has 0 saturated heterocycles. The van der Waals surface area contributed by atoms with Crippen LogP contribution in [0.2, 0.25) is 0 Å². The topological polar surface area (TPSA) is 49.4 Å². The molecule has 100 valence electrons. The maximum Gasteiger partial charge on any atom is 0.227 e. The summed E-state index contributed by atoms with van der Waals surface area (Å²) in [7, 11) is 0. The monoisotopic (exact) mass is 276 g/mol. The van der Waals surface area contributed by atoms with Crippen LogP contribution in [0, 0.1) is 0 Å². The van der Waals surface area contributed by atoms with E-state index in [-0.39, 0.29) is 18.2 Å². The van der Waals surface area contributed by atoms with Gasteiger partial charge in [-0.15, -0.1) is 11.8 Å². The van der Waals surface area contributed by atoms with Gasteiger partial charge in [-0.3, -0.25) is 9.59 Å². The molecule has 5 heteroatoms. The first-order valence-corrected chi connectivity index (χ1v) is 6.88. The fourth-order valence-electron chi connectivity index (χ4n) is 2.04. The van der Waals surface area contributed by atoms with Crippen molar-refractivity contribution in [3.8, 4) is 0 Å². The van der Waals surface area contributed by atoms with Crippen molar-refractivity contribution in [1.29, 1.82) is 0 Å². The Hall–Kier alpha value is -1.75. The Morgan fingerprint density at radius 2 is 2.00 bits per heavy atom. The van der Waals surface area contributed by atoms with Gasteiger partial charge < -0.3 is 10.2 Å². The van der Waals surface area contributed by atoms with E-state index in [9.17, 15) is 9.59 Å². The van der Waals surface area contributed by atoms with Gasteiger partial charge in [0, 0.05) is 18.8 Å². The van der Waals surface area contributed by atoms with Crippen LogP contribution < -0.4 is 5.32 Å². The van der Waals surface area contributed by atoms with E-state index in [1.807, 2.05) is 42.7 Å². The molecule has 4 nitrogen and oxygen atoms in total. The number of thioether (sulfide) groups is 1. The molecule has 2 rings (SSSR count). The standard InChI is InChI=1S/C14H16N2O2S/c1-11(17)16-8-9-19-14(16,2)10-13(18)15-12-6-4-3-5-7-12/h3-9H,10H2,1-2H3,(H,15,18). The molecule has 1 aliphatic heterocycles. The van der Waals surface area contributed by atoms with Gasteiger partial charge in [0.2, 0.25) is 11.8 Å². The number of amides is 2. The fraction of sp³-hybridized carbons (Fsp3) is 0.286. The largest absolute Gasteiger partial charge is 0.326 e. The van der Waals surface area contributed by atoms with Crippen LogP contribution >= 0.6 is 11.8 Å². The van der Waals surface area contributed by atoms with Crippen LogP contribution in [0.15, 0.2) is 41.9 Å². The Balaban J connectivity index is 2.01. The average Bonchev–Trinajstić information content (AvgIpc) is 2.71. The summed E-state index contributed by atoms with van der Waals surface area (Å²) in [5.41, 5.74) is 0.765. The van der Waals surface area contributed by atoms with Crippen molar-refractivity contribution in [2.75, 3.05) is 5.32 Å². The van der Waals surface area contributed by atoms with Crippen molar-refractivity contribution < 1.29 is 9.59 Å². The highest BCUT2D eigenvalue weighted by molar-refractivity contribution is 8.03. The van der Waals surface area contributed by atoms with E-state index in [1.54, 1.807) is 11.1 Å². The summed E-state index contributed by atoms with van der Waals surface area (Å²) in [6, 6.07) is 9.30. The molecular weight excluding hydrogens is 260 g/mol. The predicted molar refractivity (Wildman–Crippen MR) is 77.3 cm³/mol. The Kier molecular flexibility index (Phi) is 3.95. The van der Waals surface area contributed by atoms with Crippen LogP contribution in [0.3, 0.4) is 0 Å². The van der Waals surface area contributed by atoms with E-state index in [2.05, 4.69) is 5.32 Å². The minimum Gasteiger partial charge on any atom is -0.326 e. The maximum atomic E-state index is 12.1. The lowest BCUT2D eigenvalue weighted by molar-refractivity contribution is -0.129. The smallest absolute Gasteiger partial charge is 0.227 e. The third-order valence-corrected chi connectivity index (χ3v) is 4.03. The second-order valence-corrected chi connectivity index (χ2v) is 5.95. The summed E-state index contributed by atoms with van der Waals surface area (Å²) in [4.78, 5) is 24.6. The molecule has 1 unspecified atom stereocenters. The molecule has 0 bridgehead atoms. The maximum absolute atomic E-state index is 12.1. The van der Waals surface area contributed by atoms with Gasteiger partial charge in [-0.05, 0) is 24.5 Å². The normalized spacial score (nSPS) is 21.5. The minimum atomic E-state index is -0.537. The molecule has 19 heavy (non-hydrogen) atoms. The van der Waals surface area contributed by atoms with Crippen molar-refractivity contribution in [3.05, 3.63) is 41.9 Å². The zero-order valence-electron chi connectivity index (χ0n) is 10.9. The number of anilines is 1. The molecule has 0 radical (unpaired) electrons. The number of nitrogens with zero attached hydrogens (tertiary/aromatic N) is 1. The van der Waals surface area contributed by atoms with Crippen LogP contribution in [-0.2, 0) is 9.59 Å². The number of rotatable bonds is 3. The van der Waals surface area contributed by atoms with Crippen LogP contribution in [0.5, 0.6) is 0 Å². The Bertz CT molecular complexity index is 515. The van der Waals surface area contributed by atoms with Crippen molar-refractivity contribution in [2.45, 2.75) is 25.1 Å². The summed E-state index contributed by atoms with van der Waals surface area (Å²) in [5.74, 6) is -0.160. The van der Waals surface area contributed by atoms with Crippen LogP contribution in [0.1, 0.15) is 20.3 Å². The SMILES string of the molecule is CC(=O)N1C=CSC1(C)CC(=O)Nc1ccccc1. The van der Waals surface area contributed by atoms with Gasteiger partial charge in [0.15, 0.2) is 0 Å². The lowest BCUT2D eigenvalue weighted by Crippen LogP contribution is -2.42. The van der Waals surface area contributed by atoms with Crippen LogP contribution in [0.4, 0.5) is 5.69 Å². The first kappa shape index (κ1) is 13.7. The molecule has 0 saturated carbocycles. The molecule has 1 aliphatic rings. The Labute approximate surface area is 116 Å². The summed E-state index contributed by atoms with van der Waals surface area (Å²) in [6.45, 7) is 3.40. The number of benzene rings is 1. The molecule has 1 heterocycles. The average molecular weight is 276 g/mol.